The van der Waals surface area contributed by atoms with E-state index in [-0.39, 0.29) is 16.7 Å². The molecule has 4 aliphatic rings. The minimum absolute atomic E-state index is 0.164. The predicted octanol–water partition coefficient (Wildman–Crippen LogP) is 6.54. The zero-order valence-electron chi connectivity index (χ0n) is 20.3. The number of fused-ring (bicyclic) bond motifs is 5. The molecule has 3 heteroatoms. The summed E-state index contributed by atoms with van der Waals surface area (Å²) in [7, 11) is 0. The molecular weight excluding hydrogens is 408 g/mol. The van der Waals surface area contributed by atoms with Crippen LogP contribution < -0.4 is 0 Å². The van der Waals surface area contributed by atoms with Crippen LogP contribution in [-0.4, -0.2) is 17.9 Å². The molecule has 0 unspecified atom stereocenters. The molecule has 4 aliphatic carbocycles. The molecule has 0 N–H and O–H groups in total. The summed E-state index contributed by atoms with van der Waals surface area (Å²) in [6.45, 7) is 4.27. The van der Waals surface area contributed by atoms with Crippen LogP contribution in [-0.2, 0) is 16.0 Å². The van der Waals surface area contributed by atoms with Crippen LogP contribution in [0.15, 0.2) is 35.9 Å². The van der Waals surface area contributed by atoms with E-state index in [2.05, 4.69) is 19.1 Å². The molecule has 0 heterocycles. The molecule has 0 amide bonds. The summed E-state index contributed by atoms with van der Waals surface area (Å²) >= 11 is 0. The summed E-state index contributed by atoms with van der Waals surface area (Å²) in [6.07, 6.45) is 14.8. The third kappa shape index (κ3) is 3.76. The first kappa shape index (κ1) is 22.7. The number of carbonyl (C=O) groups excluding carboxylic acids is 3. The van der Waals surface area contributed by atoms with Crippen molar-refractivity contribution in [2.45, 2.75) is 84.5 Å². The van der Waals surface area contributed by atoms with E-state index in [1.807, 2.05) is 25.1 Å². The highest BCUT2D eigenvalue weighted by molar-refractivity contribution is 5.91. The Balaban J connectivity index is 1.37. The fourth-order valence-electron chi connectivity index (χ4n) is 8.85. The molecule has 1 aromatic rings. The molecule has 0 spiro atoms. The Labute approximate surface area is 198 Å². The van der Waals surface area contributed by atoms with E-state index in [1.165, 1.54) is 36.8 Å². The zero-order chi connectivity index (χ0) is 23.2. The molecule has 6 atom stereocenters. The quantitative estimate of drug-likeness (QED) is 0.466. The lowest BCUT2D eigenvalue weighted by atomic mass is 9.45. The average molecular weight is 447 g/mol. The van der Waals surface area contributed by atoms with Gasteiger partial charge in [-0.05, 0) is 111 Å². The zero-order valence-corrected chi connectivity index (χ0v) is 20.3. The molecule has 1 aromatic carbocycles. The molecule has 176 valence electrons. The Kier molecular flexibility index (Phi) is 5.95. The van der Waals surface area contributed by atoms with Gasteiger partial charge < -0.3 is 0 Å². The third-order valence-electron chi connectivity index (χ3n) is 10.4. The number of ketones is 2. The molecule has 0 radical (unpaired) electrons. The largest absolute Gasteiger partial charge is 0.300 e. The van der Waals surface area contributed by atoms with Gasteiger partial charge in [0.05, 0.1) is 0 Å². The van der Waals surface area contributed by atoms with Gasteiger partial charge >= 0.3 is 0 Å². The second-order valence-electron chi connectivity index (χ2n) is 11.7. The second-order valence-corrected chi connectivity index (χ2v) is 11.7. The molecule has 3 saturated carbocycles. The van der Waals surface area contributed by atoms with Crippen molar-refractivity contribution in [2.75, 3.05) is 0 Å². The molecule has 0 aliphatic heterocycles. The second kappa shape index (κ2) is 8.64. The van der Waals surface area contributed by atoms with Crippen LogP contribution in [0.1, 0.15) is 94.0 Å². The SMILES string of the molecule is CC(=O)[C@H]1CC[C@H]2[C@@H]3CCC4=CC(=O)CC[C@]4(C)[C@H]3CC[C@]12CCCc1ccc(C=O)cc1. The minimum Gasteiger partial charge on any atom is -0.300 e. The summed E-state index contributed by atoms with van der Waals surface area (Å²) in [5, 5.41) is 0. The van der Waals surface area contributed by atoms with Crippen LogP contribution in [0.2, 0.25) is 0 Å². The van der Waals surface area contributed by atoms with Crippen molar-refractivity contribution in [3.63, 3.8) is 0 Å². The molecule has 0 bridgehead atoms. The Morgan fingerprint density at radius 3 is 2.55 bits per heavy atom. The fraction of sp³-hybridized carbons (Fsp3) is 0.633. The fourth-order valence-corrected chi connectivity index (χ4v) is 8.85. The van der Waals surface area contributed by atoms with Crippen LogP contribution in [0.25, 0.3) is 0 Å². The number of aldehydes is 1. The lowest BCUT2D eigenvalue weighted by Gasteiger charge is -2.59. The van der Waals surface area contributed by atoms with E-state index in [9.17, 15) is 14.4 Å². The number of allylic oxidation sites excluding steroid dienone is 1. The number of hydrogen-bond donors (Lipinski definition) is 0. The predicted molar refractivity (Wildman–Crippen MR) is 130 cm³/mol. The first-order valence-electron chi connectivity index (χ1n) is 13.2. The van der Waals surface area contributed by atoms with Gasteiger partial charge in [0.25, 0.3) is 0 Å². The first-order chi connectivity index (χ1) is 15.9. The van der Waals surface area contributed by atoms with Gasteiger partial charge in [0.2, 0.25) is 0 Å². The topological polar surface area (TPSA) is 51.2 Å². The van der Waals surface area contributed by atoms with Crippen molar-refractivity contribution >= 4 is 17.9 Å². The van der Waals surface area contributed by atoms with Crippen molar-refractivity contribution in [1.29, 1.82) is 0 Å². The van der Waals surface area contributed by atoms with Crippen LogP contribution in [0.3, 0.4) is 0 Å². The first-order valence-corrected chi connectivity index (χ1v) is 13.2. The Morgan fingerprint density at radius 1 is 1.03 bits per heavy atom. The minimum atomic E-state index is 0.164. The highest BCUT2D eigenvalue weighted by atomic mass is 16.1. The Morgan fingerprint density at radius 2 is 1.82 bits per heavy atom. The number of benzene rings is 1. The maximum atomic E-state index is 12.8. The van der Waals surface area contributed by atoms with E-state index in [0.29, 0.717) is 35.7 Å². The van der Waals surface area contributed by atoms with Gasteiger partial charge in [0.15, 0.2) is 5.78 Å². The summed E-state index contributed by atoms with van der Waals surface area (Å²) in [5.74, 6) is 2.97. The molecule has 3 fully saturated rings. The van der Waals surface area contributed by atoms with Gasteiger partial charge in [-0.25, -0.2) is 0 Å². The maximum Gasteiger partial charge on any atom is 0.155 e. The third-order valence-corrected chi connectivity index (χ3v) is 10.4. The summed E-state index contributed by atoms with van der Waals surface area (Å²) in [5.41, 5.74) is 3.79. The van der Waals surface area contributed by atoms with E-state index < -0.39 is 0 Å². The van der Waals surface area contributed by atoms with Gasteiger partial charge in [-0.2, -0.15) is 0 Å². The number of aryl methyl sites for hydroxylation is 1. The van der Waals surface area contributed by atoms with Crippen molar-refractivity contribution < 1.29 is 14.4 Å². The van der Waals surface area contributed by atoms with Crippen molar-refractivity contribution in [3.8, 4) is 0 Å². The van der Waals surface area contributed by atoms with Crippen molar-refractivity contribution in [3.05, 3.63) is 47.0 Å². The number of carbonyl (C=O) groups is 3. The van der Waals surface area contributed by atoms with Crippen molar-refractivity contribution in [2.24, 2.45) is 34.5 Å². The van der Waals surface area contributed by atoms with Crippen LogP contribution >= 0.6 is 0 Å². The highest BCUT2D eigenvalue weighted by Crippen LogP contribution is 2.68. The van der Waals surface area contributed by atoms with E-state index in [0.717, 1.165) is 50.4 Å². The lowest BCUT2D eigenvalue weighted by molar-refractivity contribution is -0.130. The highest BCUT2D eigenvalue weighted by Gasteiger charge is 2.61. The molecule has 0 saturated heterocycles. The summed E-state index contributed by atoms with van der Waals surface area (Å²) < 4.78 is 0. The number of rotatable bonds is 6. The Bertz CT molecular complexity index is 973. The van der Waals surface area contributed by atoms with E-state index >= 15 is 0 Å². The van der Waals surface area contributed by atoms with E-state index in [1.54, 1.807) is 0 Å². The normalized spacial score (nSPS) is 37.5. The van der Waals surface area contributed by atoms with Gasteiger partial charge in [0.1, 0.15) is 12.1 Å². The van der Waals surface area contributed by atoms with E-state index in [4.69, 9.17) is 0 Å². The van der Waals surface area contributed by atoms with Gasteiger partial charge in [0, 0.05) is 17.9 Å². The monoisotopic (exact) mass is 446 g/mol. The van der Waals surface area contributed by atoms with Crippen LogP contribution in [0, 0.1) is 34.5 Å². The van der Waals surface area contributed by atoms with Gasteiger partial charge in [-0.1, -0.05) is 36.8 Å². The smallest absolute Gasteiger partial charge is 0.155 e. The standard InChI is InChI=1S/C30H38O3/c1-20(32)26-11-12-28-25-10-9-23-18-24(33)13-16-29(23,2)27(25)14-17-30(26,28)15-3-4-21-5-7-22(19-31)8-6-21/h5-8,18-19,25-28H,3-4,9-17H2,1-2H3/t25-,26-,27+,28+,29+,30-/m1/s1. The lowest BCUT2D eigenvalue weighted by Crippen LogP contribution is -2.52. The van der Waals surface area contributed by atoms with Gasteiger partial charge in [-0.15, -0.1) is 0 Å². The molecule has 3 nitrogen and oxygen atoms in total. The summed E-state index contributed by atoms with van der Waals surface area (Å²) in [6, 6.07) is 7.97. The maximum absolute atomic E-state index is 12.8. The van der Waals surface area contributed by atoms with Crippen molar-refractivity contribution in [1.82, 2.24) is 0 Å². The molecular formula is C30H38O3. The number of hydrogen-bond acceptors (Lipinski definition) is 3. The van der Waals surface area contributed by atoms with Crippen LogP contribution in [0.4, 0.5) is 0 Å². The summed E-state index contributed by atoms with van der Waals surface area (Å²) in [4.78, 5) is 35.9. The average Bonchev–Trinajstić information content (AvgIpc) is 3.20. The number of Topliss-reactive ketones (excluding diaryl/α,β-unsaturated/α-hetero) is 1. The molecule has 5 rings (SSSR count). The van der Waals surface area contributed by atoms with Gasteiger partial charge in [-0.3, -0.25) is 14.4 Å². The Hall–Kier alpha value is -2.03. The molecule has 33 heavy (non-hydrogen) atoms. The molecule has 0 aromatic heterocycles. The van der Waals surface area contributed by atoms with Crippen LogP contribution in [0.5, 0.6) is 0 Å².